The van der Waals surface area contributed by atoms with Crippen molar-refractivity contribution in [2.75, 3.05) is 11.5 Å². The zero-order valence-electron chi connectivity index (χ0n) is 36.0. The third-order valence-corrected chi connectivity index (χ3v) is 9.73. The SMILES string of the molecule is N#Cc1cccc(-c2nc(N)n3nc(CN=C(N=NN)n4cccn4)nc3c2-c2ccncn2)c1.N#Cc1cccc(-c2nc(N)n3nc(CN=NC(=NN)n4cccn4)nc3c2-c2ccncn2)c1. The maximum absolute atomic E-state index is 9.35. The molecule has 0 aliphatic heterocycles. The molecular weight excluding hydrogens is 897 g/mol. The number of nitrogens with zero attached hydrogens (tertiary/aromatic N) is 24. The van der Waals surface area contributed by atoms with E-state index in [4.69, 9.17) is 23.2 Å². The van der Waals surface area contributed by atoms with Crippen LogP contribution in [0.3, 0.4) is 0 Å². The summed E-state index contributed by atoms with van der Waals surface area (Å²) in [6.07, 6.45) is 12.5. The fourth-order valence-electron chi connectivity index (χ4n) is 6.78. The Hall–Kier alpha value is -11.2. The van der Waals surface area contributed by atoms with Crippen LogP contribution < -0.4 is 23.2 Å². The van der Waals surface area contributed by atoms with Gasteiger partial charge in [-0.15, -0.1) is 20.4 Å². The van der Waals surface area contributed by atoms with E-state index >= 15 is 0 Å². The van der Waals surface area contributed by atoms with Gasteiger partial charge in [0.15, 0.2) is 22.9 Å². The first kappa shape index (κ1) is 44.1. The van der Waals surface area contributed by atoms with Crippen molar-refractivity contribution in [3.8, 4) is 57.2 Å². The van der Waals surface area contributed by atoms with E-state index in [2.05, 4.69) is 103 Å². The van der Waals surface area contributed by atoms with Gasteiger partial charge >= 0.3 is 0 Å². The number of nitriles is 2. The quantitative estimate of drug-likeness (QED) is 0.0558. The lowest BCUT2D eigenvalue weighted by Gasteiger charge is -2.11. The molecule has 0 fully saturated rings. The number of hydrogen-bond donors (Lipinski definition) is 4. The molecule has 0 amide bonds. The van der Waals surface area contributed by atoms with Crippen LogP contribution in [0.1, 0.15) is 22.8 Å². The topological polar surface area (TPSA) is 399 Å². The molecule has 0 aliphatic carbocycles. The zero-order valence-corrected chi connectivity index (χ0v) is 36.0. The van der Waals surface area contributed by atoms with Crippen LogP contribution >= 0.6 is 0 Å². The Labute approximate surface area is 392 Å². The Kier molecular flexibility index (Phi) is 12.5. The minimum atomic E-state index is 0.0177. The Morgan fingerprint density at radius 1 is 0.600 bits per heavy atom. The van der Waals surface area contributed by atoms with Gasteiger partial charge in [-0.1, -0.05) is 34.6 Å². The highest BCUT2D eigenvalue weighted by Gasteiger charge is 2.23. The largest absolute Gasteiger partial charge is 0.368 e. The summed E-state index contributed by atoms with van der Waals surface area (Å²) in [7, 11) is 0. The number of aliphatic imine (C=N–C) groups is 1. The molecule has 10 rings (SSSR count). The number of anilines is 2. The highest BCUT2D eigenvalue weighted by Crippen LogP contribution is 2.35. The molecule has 0 saturated carbocycles. The number of nitrogen functional groups attached to an aromatic ring is 2. The summed E-state index contributed by atoms with van der Waals surface area (Å²) < 4.78 is 5.61. The molecule has 2 aromatic carbocycles. The normalized spacial score (nSPS) is 11.8. The van der Waals surface area contributed by atoms with Crippen LogP contribution in [0.2, 0.25) is 0 Å². The molecular formula is C42H32N28. The van der Waals surface area contributed by atoms with Crippen molar-refractivity contribution < 1.29 is 0 Å². The Morgan fingerprint density at radius 3 is 1.59 bits per heavy atom. The molecule has 340 valence electrons. The molecule has 28 heteroatoms. The van der Waals surface area contributed by atoms with Gasteiger partial charge in [0, 0.05) is 48.3 Å². The van der Waals surface area contributed by atoms with Gasteiger partial charge in [-0.05, 0) is 48.5 Å². The second-order valence-corrected chi connectivity index (χ2v) is 14.1. The van der Waals surface area contributed by atoms with Crippen molar-refractivity contribution >= 4 is 35.1 Å². The van der Waals surface area contributed by atoms with Crippen molar-refractivity contribution in [3.63, 3.8) is 0 Å². The molecule has 28 nitrogen and oxygen atoms in total. The van der Waals surface area contributed by atoms with Crippen LogP contribution in [-0.4, -0.2) is 90.6 Å². The smallest absolute Gasteiger partial charge is 0.285 e. The van der Waals surface area contributed by atoms with Crippen LogP contribution in [0.5, 0.6) is 0 Å². The van der Waals surface area contributed by atoms with E-state index < -0.39 is 0 Å². The van der Waals surface area contributed by atoms with Gasteiger partial charge in [-0.3, -0.25) is 0 Å². The molecule has 8 heterocycles. The second-order valence-electron chi connectivity index (χ2n) is 14.1. The van der Waals surface area contributed by atoms with Crippen molar-refractivity contribution in [2.24, 2.45) is 42.3 Å². The monoisotopic (exact) mass is 928 g/mol. The van der Waals surface area contributed by atoms with Gasteiger partial charge in [0.2, 0.25) is 11.9 Å². The summed E-state index contributed by atoms with van der Waals surface area (Å²) in [5.74, 6) is 11.7. The predicted molar refractivity (Wildman–Crippen MR) is 248 cm³/mol. The number of rotatable bonds is 8. The van der Waals surface area contributed by atoms with Crippen molar-refractivity contribution in [1.82, 2.24) is 78.7 Å². The van der Waals surface area contributed by atoms with Crippen LogP contribution in [0.4, 0.5) is 11.9 Å². The highest BCUT2D eigenvalue weighted by molar-refractivity contribution is 5.90. The molecule has 8 aromatic heterocycles. The van der Waals surface area contributed by atoms with E-state index in [1.165, 1.54) is 31.0 Å². The maximum Gasteiger partial charge on any atom is 0.285 e. The summed E-state index contributed by atoms with van der Waals surface area (Å²) in [4.78, 5) is 39.5. The van der Waals surface area contributed by atoms with E-state index in [-0.39, 0.29) is 36.9 Å². The van der Waals surface area contributed by atoms with Crippen molar-refractivity contribution in [3.05, 3.63) is 145 Å². The first-order valence-corrected chi connectivity index (χ1v) is 20.3. The van der Waals surface area contributed by atoms with Crippen molar-refractivity contribution in [2.45, 2.75) is 13.1 Å². The zero-order chi connectivity index (χ0) is 48.4. The van der Waals surface area contributed by atoms with Crippen molar-refractivity contribution in [1.29, 1.82) is 10.5 Å². The average molecular weight is 929 g/mol. The molecule has 0 atom stereocenters. The number of hydrazone groups is 1. The van der Waals surface area contributed by atoms with Gasteiger partial charge < -0.3 is 23.2 Å². The Morgan fingerprint density at radius 2 is 1.13 bits per heavy atom. The number of nitrogens with two attached hydrogens (primary N) is 4. The fraction of sp³-hybridized carbons (Fsp3) is 0.0476. The number of fused-ring (bicyclic) bond motifs is 2. The predicted octanol–water partition coefficient (Wildman–Crippen LogP) is 3.26. The number of azo groups is 1. The molecule has 10 aromatic rings. The number of benzene rings is 2. The second kappa shape index (κ2) is 19.9. The third kappa shape index (κ3) is 9.19. The Bertz CT molecular complexity index is 3670. The molecule has 8 N–H and O–H groups in total. The van der Waals surface area contributed by atoms with E-state index in [1.54, 1.807) is 97.8 Å². The van der Waals surface area contributed by atoms with E-state index in [1.807, 2.05) is 12.1 Å². The minimum absolute atomic E-state index is 0.0177. The summed E-state index contributed by atoms with van der Waals surface area (Å²) in [5, 5.41) is 54.4. The highest BCUT2D eigenvalue weighted by atomic mass is 15.4. The van der Waals surface area contributed by atoms with Gasteiger partial charge in [0.25, 0.3) is 11.9 Å². The molecule has 0 bridgehead atoms. The number of hydrogen-bond acceptors (Lipinski definition) is 21. The summed E-state index contributed by atoms with van der Waals surface area (Å²) in [6, 6.07) is 25.2. The van der Waals surface area contributed by atoms with E-state index in [0.29, 0.717) is 79.1 Å². The first-order chi connectivity index (χ1) is 34.3. The molecule has 0 unspecified atom stereocenters. The first-order valence-electron chi connectivity index (χ1n) is 20.3. The third-order valence-electron chi connectivity index (χ3n) is 9.73. The Balaban J connectivity index is 0.000000174. The molecule has 0 saturated heterocycles. The number of aromatic nitrogens is 16. The average Bonchev–Trinajstić information content (AvgIpc) is 4.27. The minimum Gasteiger partial charge on any atom is -0.368 e. The van der Waals surface area contributed by atoms with Gasteiger partial charge in [0.1, 0.15) is 25.7 Å². The van der Waals surface area contributed by atoms with Gasteiger partial charge in [0.05, 0.1) is 57.2 Å². The standard InChI is InChI=1S/2C21H16N14/c22-10-13-3-1-4-14(9-13)18-17(15-5-7-25-12-26-15)19-29-16(33-35(19)20(23)30-18)11-27-32-21(31-24)34-8-2-6-28-34;22-10-13-3-1-4-14(9-13)18-17(15-5-7-25-12-27-15)19-29-16(32-35(19)20(23)30-18)11-26-21(31-33-24)34-8-2-6-28-34/h1-9,12H,11,24H2,(H2,23,30);1-9,12H,11H2,(H2,23,30)(H2,24,26,31). The van der Waals surface area contributed by atoms with Crippen LogP contribution in [-0.2, 0) is 13.1 Å². The summed E-state index contributed by atoms with van der Waals surface area (Å²) >= 11 is 0. The lowest BCUT2D eigenvalue weighted by atomic mass is 10.0. The fourth-order valence-corrected chi connectivity index (χ4v) is 6.78. The van der Waals surface area contributed by atoms with Crippen LogP contribution in [0.15, 0.2) is 153 Å². The van der Waals surface area contributed by atoms with Gasteiger partial charge in [-0.25, -0.2) is 54.2 Å². The summed E-state index contributed by atoms with van der Waals surface area (Å²) in [6.45, 7) is 0.0572. The van der Waals surface area contributed by atoms with Crippen LogP contribution in [0, 0.1) is 22.7 Å². The van der Waals surface area contributed by atoms with E-state index in [0.717, 1.165) is 0 Å². The summed E-state index contributed by atoms with van der Waals surface area (Å²) in [5.41, 5.74) is 18.9. The molecule has 70 heavy (non-hydrogen) atoms. The van der Waals surface area contributed by atoms with Gasteiger partial charge in [-0.2, -0.15) is 34.9 Å². The molecule has 0 spiro atoms. The molecule has 0 aliphatic rings. The maximum atomic E-state index is 9.35. The lowest BCUT2D eigenvalue weighted by Crippen LogP contribution is -2.11. The van der Waals surface area contributed by atoms with Crippen LogP contribution in [0.25, 0.3) is 56.3 Å². The molecule has 0 radical (unpaired) electrons. The lowest BCUT2D eigenvalue weighted by molar-refractivity contribution is 0.822. The van der Waals surface area contributed by atoms with E-state index in [9.17, 15) is 10.5 Å².